The lowest BCUT2D eigenvalue weighted by molar-refractivity contribution is 0.505. The molecule has 0 atom stereocenters. The Bertz CT molecular complexity index is 789. The van der Waals surface area contributed by atoms with Crippen molar-refractivity contribution in [3.63, 3.8) is 0 Å². The minimum absolute atomic E-state index is 0.0427. The molecule has 0 bridgehead atoms. The first kappa shape index (κ1) is 11.7. The van der Waals surface area contributed by atoms with E-state index in [0.29, 0.717) is 16.8 Å². The summed E-state index contributed by atoms with van der Waals surface area (Å²) in [5, 5.41) is 0.0427. The highest BCUT2D eigenvalue weighted by atomic mass is 32.1. The molecular formula is C14H9NO3S. The van der Waals surface area contributed by atoms with Crippen molar-refractivity contribution < 1.29 is 9.15 Å². The van der Waals surface area contributed by atoms with E-state index < -0.39 is 5.76 Å². The Labute approximate surface area is 113 Å². The number of nitrogens with zero attached hydrogens (tertiary/aromatic N) is 1. The lowest BCUT2D eigenvalue weighted by Crippen LogP contribution is -2.25. The second-order valence-electron chi connectivity index (χ2n) is 3.85. The minimum Gasteiger partial charge on any atom is -0.431 e. The smallest absolute Gasteiger partial charge is 0.427 e. The molecule has 3 rings (SSSR count). The lowest BCUT2D eigenvalue weighted by Gasteiger charge is -2.06. The molecule has 1 heterocycles. The summed E-state index contributed by atoms with van der Waals surface area (Å²) in [4.78, 5) is 11.8. The van der Waals surface area contributed by atoms with Crippen LogP contribution >= 0.6 is 12.2 Å². The van der Waals surface area contributed by atoms with Gasteiger partial charge in [-0.2, -0.15) is 0 Å². The van der Waals surface area contributed by atoms with E-state index >= 15 is 0 Å². The third-order valence-corrected chi connectivity index (χ3v) is 2.88. The van der Waals surface area contributed by atoms with Crippen LogP contribution in [0, 0.1) is 0 Å². The summed E-state index contributed by atoms with van der Waals surface area (Å²) in [6.07, 6.45) is 0. The Hall–Kier alpha value is -2.40. The van der Waals surface area contributed by atoms with Gasteiger partial charge in [0.25, 0.3) is 5.17 Å². The number of rotatable bonds is 1. The third-order valence-electron chi connectivity index (χ3n) is 2.62. The van der Waals surface area contributed by atoms with Crippen molar-refractivity contribution in [2.75, 3.05) is 0 Å². The molecule has 0 radical (unpaired) electrons. The zero-order chi connectivity index (χ0) is 13.2. The maximum absolute atomic E-state index is 11.8. The molecule has 0 amide bonds. The van der Waals surface area contributed by atoms with Crippen LogP contribution in [-0.4, -0.2) is 9.74 Å². The zero-order valence-corrected chi connectivity index (χ0v) is 10.6. The second kappa shape index (κ2) is 4.70. The molecule has 0 spiro atoms. The number of oxazole rings is 1. The predicted octanol–water partition coefficient (Wildman–Crippen LogP) is 2.81. The summed E-state index contributed by atoms with van der Waals surface area (Å²) in [6, 6.07) is 16.1. The van der Waals surface area contributed by atoms with E-state index in [4.69, 9.17) is 21.4 Å². The number of ether oxygens (including phenoxy) is 1. The van der Waals surface area contributed by atoms with E-state index in [0.717, 1.165) is 0 Å². The summed E-state index contributed by atoms with van der Waals surface area (Å²) >= 11 is 5.15. The van der Waals surface area contributed by atoms with Gasteiger partial charge in [0.1, 0.15) is 5.75 Å². The maximum Gasteiger partial charge on any atom is 0.427 e. The van der Waals surface area contributed by atoms with E-state index in [9.17, 15) is 4.79 Å². The number of benzene rings is 2. The zero-order valence-electron chi connectivity index (χ0n) is 9.78. The summed E-state index contributed by atoms with van der Waals surface area (Å²) in [7, 11) is 0. The SMILES string of the molecule is O=c1oc2ccccc2n1C(=S)Oc1ccccc1. The van der Waals surface area contributed by atoms with Crippen molar-refractivity contribution in [1.29, 1.82) is 0 Å². The normalized spacial score (nSPS) is 10.5. The average Bonchev–Trinajstić information content (AvgIpc) is 2.75. The predicted molar refractivity (Wildman–Crippen MR) is 75.5 cm³/mol. The molecule has 0 fully saturated rings. The molecule has 0 aliphatic rings. The van der Waals surface area contributed by atoms with Gasteiger partial charge in [-0.1, -0.05) is 30.3 Å². The van der Waals surface area contributed by atoms with Crippen LogP contribution in [0.1, 0.15) is 0 Å². The summed E-state index contributed by atoms with van der Waals surface area (Å²) in [5.41, 5.74) is 1.07. The molecule has 0 aliphatic heterocycles. The van der Waals surface area contributed by atoms with Gasteiger partial charge >= 0.3 is 5.76 Å². The molecule has 0 aliphatic carbocycles. The van der Waals surface area contributed by atoms with Gasteiger partial charge in [0.15, 0.2) is 5.58 Å². The molecule has 94 valence electrons. The average molecular weight is 271 g/mol. The fourth-order valence-electron chi connectivity index (χ4n) is 1.77. The van der Waals surface area contributed by atoms with Gasteiger partial charge in [-0.3, -0.25) is 0 Å². The molecule has 3 aromatic rings. The first-order valence-corrected chi connectivity index (χ1v) is 6.04. The number of thiocarbonyl (C=S) groups is 1. The quantitative estimate of drug-likeness (QED) is 0.638. The Morgan fingerprint density at radius 3 is 2.53 bits per heavy atom. The van der Waals surface area contributed by atoms with Crippen LogP contribution in [-0.2, 0) is 0 Å². The first-order valence-electron chi connectivity index (χ1n) is 5.63. The number of hydrogen-bond acceptors (Lipinski definition) is 4. The van der Waals surface area contributed by atoms with E-state index in [1.807, 2.05) is 18.2 Å². The summed E-state index contributed by atoms with van der Waals surface area (Å²) < 4.78 is 11.8. The highest BCUT2D eigenvalue weighted by molar-refractivity contribution is 7.80. The van der Waals surface area contributed by atoms with Crippen molar-refractivity contribution in [3.8, 4) is 5.75 Å². The van der Waals surface area contributed by atoms with Crippen LogP contribution < -0.4 is 10.5 Å². The van der Waals surface area contributed by atoms with Crippen molar-refractivity contribution in [3.05, 3.63) is 65.1 Å². The number of aromatic nitrogens is 1. The lowest BCUT2D eigenvalue weighted by atomic mass is 10.3. The van der Waals surface area contributed by atoms with E-state index in [1.165, 1.54) is 4.57 Å². The molecule has 0 N–H and O–H groups in total. The number of para-hydroxylation sites is 3. The van der Waals surface area contributed by atoms with Gasteiger partial charge in [-0.25, -0.2) is 9.36 Å². The Balaban J connectivity index is 2.03. The summed E-state index contributed by atoms with van der Waals surface area (Å²) in [6.45, 7) is 0. The highest BCUT2D eigenvalue weighted by Gasteiger charge is 2.14. The van der Waals surface area contributed by atoms with Crippen LogP contribution in [0.3, 0.4) is 0 Å². The molecule has 5 heteroatoms. The topological polar surface area (TPSA) is 44.4 Å². The molecular weight excluding hydrogens is 262 g/mol. The van der Waals surface area contributed by atoms with E-state index in [-0.39, 0.29) is 5.17 Å². The number of hydrogen-bond donors (Lipinski definition) is 0. The van der Waals surface area contributed by atoms with Crippen LogP contribution in [0.25, 0.3) is 11.1 Å². The standard InChI is InChI=1S/C14H9NO3S/c16-13-15(11-8-4-5-9-12(11)18-13)14(19)17-10-6-2-1-3-7-10/h1-9H. The first-order chi connectivity index (χ1) is 9.25. The van der Waals surface area contributed by atoms with Gasteiger partial charge in [0, 0.05) is 0 Å². The van der Waals surface area contributed by atoms with Gasteiger partial charge in [0.2, 0.25) is 0 Å². The number of fused-ring (bicyclic) bond motifs is 1. The van der Waals surface area contributed by atoms with Gasteiger partial charge in [-0.15, -0.1) is 0 Å². The fourth-order valence-corrected chi connectivity index (χ4v) is 2.04. The van der Waals surface area contributed by atoms with Crippen molar-refractivity contribution in [2.24, 2.45) is 0 Å². The van der Waals surface area contributed by atoms with E-state index in [2.05, 4.69) is 0 Å². The molecule has 4 nitrogen and oxygen atoms in total. The largest absolute Gasteiger partial charge is 0.431 e. The molecule has 0 saturated carbocycles. The molecule has 1 aromatic heterocycles. The maximum atomic E-state index is 11.8. The van der Waals surface area contributed by atoms with Gasteiger partial charge in [-0.05, 0) is 36.5 Å². The molecule has 2 aromatic carbocycles. The Kier molecular flexibility index (Phi) is 2.89. The second-order valence-corrected chi connectivity index (χ2v) is 4.20. The molecule has 19 heavy (non-hydrogen) atoms. The monoisotopic (exact) mass is 271 g/mol. The van der Waals surface area contributed by atoms with Crippen molar-refractivity contribution in [1.82, 2.24) is 4.57 Å². The van der Waals surface area contributed by atoms with Crippen LogP contribution in [0.4, 0.5) is 0 Å². The third kappa shape index (κ3) is 2.15. The van der Waals surface area contributed by atoms with Crippen molar-refractivity contribution in [2.45, 2.75) is 0 Å². The van der Waals surface area contributed by atoms with Gasteiger partial charge in [0.05, 0.1) is 5.52 Å². The van der Waals surface area contributed by atoms with Crippen LogP contribution in [0.2, 0.25) is 0 Å². The van der Waals surface area contributed by atoms with Crippen molar-refractivity contribution >= 4 is 28.5 Å². The molecule has 0 unspecified atom stereocenters. The van der Waals surface area contributed by atoms with E-state index in [1.54, 1.807) is 36.4 Å². The van der Waals surface area contributed by atoms with Gasteiger partial charge < -0.3 is 9.15 Å². The fraction of sp³-hybridized carbons (Fsp3) is 0. The minimum atomic E-state index is -0.554. The van der Waals surface area contributed by atoms with Crippen LogP contribution in [0.15, 0.2) is 63.8 Å². The Morgan fingerprint density at radius 2 is 1.74 bits per heavy atom. The molecule has 0 saturated heterocycles. The Morgan fingerprint density at radius 1 is 1.05 bits per heavy atom. The van der Waals surface area contributed by atoms with Crippen LogP contribution in [0.5, 0.6) is 5.75 Å². The summed E-state index contributed by atoms with van der Waals surface area (Å²) in [5.74, 6) is 0.0202. The highest BCUT2D eigenvalue weighted by Crippen LogP contribution is 2.14.